The number of hydrogen-bond acceptors (Lipinski definition) is 3. The van der Waals surface area contributed by atoms with Gasteiger partial charge in [-0.3, -0.25) is 4.79 Å². The number of aromatic nitrogens is 2. The Hall–Kier alpha value is -3.15. The standard InChI is InChI=1S/C17H14N2O4/c20-15-12-8-4-5-9-13(12)18-17(23)19(15)14(16(21)22)10-11-6-2-1-3-7-11/h1-9,14H,10H2,(H,18,23)(H,21,22)/t14-/m1/s1. The number of carboxylic acid groups (broad SMARTS) is 1. The van der Waals surface area contributed by atoms with Crippen LogP contribution in [0, 0.1) is 0 Å². The maximum Gasteiger partial charge on any atom is 0.329 e. The zero-order valence-electron chi connectivity index (χ0n) is 12.1. The van der Waals surface area contributed by atoms with Crippen LogP contribution in [0.25, 0.3) is 10.9 Å². The van der Waals surface area contributed by atoms with E-state index in [-0.39, 0.29) is 11.8 Å². The SMILES string of the molecule is O=C(O)[C@@H](Cc1ccccc1)n1c(=O)[nH]c2ccccc2c1=O. The third-order valence-corrected chi connectivity index (χ3v) is 3.71. The number of fused-ring (bicyclic) bond motifs is 1. The second-order valence-electron chi connectivity index (χ2n) is 5.19. The number of para-hydroxylation sites is 1. The Labute approximate surface area is 130 Å². The van der Waals surface area contributed by atoms with Gasteiger partial charge in [0.2, 0.25) is 0 Å². The number of carboxylic acids is 1. The molecule has 2 N–H and O–H groups in total. The number of hydrogen-bond donors (Lipinski definition) is 2. The summed E-state index contributed by atoms with van der Waals surface area (Å²) in [6.07, 6.45) is 0.0531. The van der Waals surface area contributed by atoms with Gasteiger partial charge in [0, 0.05) is 6.42 Å². The van der Waals surface area contributed by atoms with Crippen molar-refractivity contribution >= 4 is 16.9 Å². The third kappa shape index (κ3) is 2.78. The molecule has 0 amide bonds. The van der Waals surface area contributed by atoms with Gasteiger partial charge in [0.15, 0.2) is 0 Å². The van der Waals surface area contributed by atoms with Crippen LogP contribution < -0.4 is 11.2 Å². The van der Waals surface area contributed by atoms with Gasteiger partial charge in [-0.1, -0.05) is 42.5 Å². The molecule has 1 atom stereocenters. The molecule has 23 heavy (non-hydrogen) atoms. The van der Waals surface area contributed by atoms with Crippen LogP contribution >= 0.6 is 0 Å². The molecule has 0 aliphatic heterocycles. The molecular formula is C17H14N2O4. The molecule has 0 aliphatic carbocycles. The van der Waals surface area contributed by atoms with Crippen LogP contribution in [0.2, 0.25) is 0 Å². The first-order valence-electron chi connectivity index (χ1n) is 7.08. The van der Waals surface area contributed by atoms with Crippen molar-refractivity contribution in [1.29, 1.82) is 0 Å². The fourth-order valence-corrected chi connectivity index (χ4v) is 2.59. The summed E-state index contributed by atoms with van der Waals surface area (Å²) in [5.74, 6) is -1.23. The molecule has 0 fully saturated rings. The average Bonchev–Trinajstić information content (AvgIpc) is 2.54. The van der Waals surface area contributed by atoms with Gasteiger partial charge in [0.25, 0.3) is 5.56 Å². The monoisotopic (exact) mass is 310 g/mol. The number of benzene rings is 2. The summed E-state index contributed by atoms with van der Waals surface area (Å²) in [7, 11) is 0. The molecule has 0 saturated carbocycles. The zero-order chi connectivity index (χ0) is 16.4. The number of nitrogens with zero attached hydrogens (tertiary/aromatic N) is 1. The van der Waals surface area contributed by atoms with E-state index in [1.807, 2.05) is 6.07 Å². The van der Waals surface area contributed by atoms with E-state index in [1.165, 1.54) is 0 Å². The van der Waals surface area contributed by atoms with E-state index in [0.717, 1.165) is 10.1 Å². The average molecular weight is 310 g/mol. The van der Waals surface area contributed by atoms with Gasteiger partial charge >= 0.3 is 11.7 Å². The predicted octanol–water partition coefficient (Wildman–Crippen LogP) is 1.56. The van der Waals surface area contributed by atoms with Crippen LogP contribution in [-0.4, -0.2) is 20.6 Å². The van der Waals surface area contributed by atoms with E-state index in [9.17, 15) is 19.5 Å². The van der Waals surface area contributed by atoms with Crippen molar-refractivity contribution in [3.63, 3.8) is 0 Å². The summed E-state index contributed by atoms with van der Waals surface area (Å²) in [4.78, 5) is 39.0. The molecular weight excluding hydrogens is 296 g/mol. The molecule has 1 heterocycles. The Morgan fingerprint density at radius 3 is 2.39 bits per heavy atom. The summed E-state index contributed by atoms with van der Waals surface area (Å²) in [5.41, 5.74) is -0.202. The van der Waals surface area contributed by atoms with Gasteiger partial charge < -0.3 is 10.1 Å². The van der Waals surface area contributed by atoms with Crippen molar-refractivity contribution < 1.29 is 9.90 Å². The summed E-state index contributed by atoms with van der Waals surface area (Å²) >= 11 is 0. The highest BCUT2D eigenvalue weighted by molar-refractivity contribution is 5.78. The van der Waals surface area contributed by atoms with E-state index in [2.05, 4.69) is 4.98 Å². The van der Waals surface area contributed by atoms with Gasteiger partial charge in [-0.15, -0.1) is 0 Å². The molecule has 6 nitrogen and oxygen atoms in total. The Morgan fingerprint density at radius 2 is 1.70 bits per heavy atom. The quantitative estimate of drug-likeness (QED) is 0.765. The van der Waals surface area contributed by atoms with Crippen molar-refractivity contribution in [2.45, 2.75) is 12.5 Å². The molecule has 0 aliphatic rings. The van der Waals surface area contributed by atoms with Crippen molar-refractivity contribution in [3.05, 3.63) is 81.0 Å². The normalized spacial score (nSPS) is 12.2. The smallest absolute Gasteiger partial charge is 0.329 e. The van der Waals surface area contributed by atoms with E-state index in [4.69, 9.17) is 0 Å². The van der Waals surface area contributed by atoms with Crippen LogP contribution in [0.1, 0.15) is 11.6 Å². The fraction of sp³-hybridized carbons (Fsp3) is 0.118. The van der Waals surface area contributed by atoms with E-state index < -0.39 is 23.3 Å². The minimum Gasteiger partial charge on any atom is -0.480 e. The lowest BCUT2D eigenvalue weighted by Gasteiger charge is -2.15. The van der Waals surface area contributed by atoms with E-state index >= 15 is 0 Å². The fourth-order valence-electron chi connectivity index (χ4n) is 2.59. The number of carbonyl (C=O) groups is 1. The highest BCUT2D eigenvalue weighted by Gasteiger charge is 2.24. The number of aliphatic carboxylic acids is 1. The molecule has 1 aromatic heterocycles. The van der Waals surface area contributed by atoms with Gasteiger partial charge in [0.1, 0.15) is 6.04 Å². The van der Waals surface area contributed by atoms with Crippen molar-refractivity contribution in [2.24, 2.45) is 0 Å². The maximum atomic E-state index is 12.6. The second kappa shape index (κ2) is 5.92. The summed E-state index contributed by atoms with van der Waals surface area (Å²) < 4.78 is 0.775. The summed E-state index contributed by atoms with van der Waals surface area (Å²) in [6.45, 7) is 0. The first-order valence-corrected chi connectivity index (χ1v) is 7.08. The summed E-state index contributed by atoms with van der Waals surface area (Å²) in [6, 6.07) is 14.2. The molecule has 6 heteroatoms. The minimum atomic E-state index is -1.27. The van der Waals surface area contributed by atoms with Crippen molar-refractivity contribution in [3.8, 4) is 0 Å². The molecule has 3 rings (SSSR count). The third-order valence-electron chi connectivity index (χ3n) is 3.71. The Kier molecular flexibility index (Phi) is 3.80. The Morgan fingerprint density at radius 1 is 1.04 bits per heavy atom. The van der Waals surface area contributed by atoms with Crippen molar-refractivity contribution in [1.82, 2.24) is 9.55 Å². The summed E-state index contributed by atoms with van der Waals surface area (Å²) in [5, 5.41) is 9.78. The first kappa shape index (κ1) is 14.8. The Bertz CT molecular complexity index is 973. The van der Waals surface area contributed by atoms with Crippen LogP contribution in [-0.2, 0) is 11.2 Å². The van der Waals surface area contributed by atoms with Crippen molar-refractivity contribution in [2.75, 3.05) is 0 Å². The molecule has 0 spiro atoms. The van der Waals surface area contributed by atoms with Crippen LogP contribution in [0.4, 0.5) is 0 Å². The molecule has 0 bridgehead atoms. The van der Waals surface area contributed by atoms with Gasteiger partial charge in [-0.2, -0.15) is 0 Å². The molecule has 3 aromatic rings. The molecule has 0 saturated heterocycles. The van der Waals surface area contributed by atoms with Crippen LogP contribution in [0.15, 0.2) is 64.2 Å². The van der Waals surface area contributed by atoms with E-state index in [1.54, 1.807) is 48.5 Å². The lowest BCUT2D eigenvalue weighted by molar-refractivity contribution is -0.141. The highest BCUT2D eigenvalue weighted by atomic mass is 16.4. The van der Waals surface area contributed by atoms with Gasteiger partial charge in [-0.05, 0) is 17.7 Å². The van der Waals surface area contributed by atoms with E-state index in [0.29, 0.717) is 5.52 Å². The Balaban J connectivity index is 2.17. The second-order valence-corrected chi connectivity index (χ2v) is 5.19. The molecule has 0 radical (unpaired) electrons. The van der Waals surface area contributed by atoms with Gasteiger partial charge in [-0.25, -0.2) is 14.2 Å². The maximum absolute atomic E-state index is 12.6. The number of aromatic amines is 1. The predicted molar refractivity (Wildman–Crippen MR) is 85.6 cm³/mol. The van der Waals surface area contributed by atoms with Crippen LogP contribution in [0.3, 0.4) is 0 Å². The first-order chi connectivity index (χ1) is 11.1. The van der Waals surface area contributed by atoms with Crippen LogP contribution in [0.5, 0.6) is 0 Å². The molecule has 0 unspecified atom stereocenters. The molecule has 2 aromatic carbocycles. The highest BCUT2D eigenvalue weighted by Crippen LogP contribution is 2.13. The molecule has 116 valence electrons. The number of H-pyrrole nitrogens is 1. The zero-order valence-corrected chi connectivity index (χ0v) is 12.1. The van der Waals surface area contributed by atoms with Gasteiger partial charge in [0.05, 0.1) is 10.9 Å². The minimum absolute atomic E-state index is 0.0531. The lowest BCUT2D eigenvalue weighted by atomic mass is 10.1. The number of nitrogens with one attached hydrogen (secondary N) is 1. The topological polar surface area (TPSA) is 92.2 Å². The number of rotatable bonds is 4. The largest absolute Gasteiger partial charge is 0.480 e. The lowest BCUT2D eigenvalue weighted by Crippen LogP contribution is -2.41.